The van der Waals surface area contributed by atoms with Gasteiger partial charge in [-0.25, -0.2) is 0 Å². The normalized spacial score (nSPS) is 11.9. The van der Waals surface area contributed by atoms with Crippen LogP contribution in [0.2, 0.25) is 13.3 Å². The van der Waals surface area contributed by atoms with Crippen LogP contribution in [0.5, 0.6) is 0 Å². The molecule has 0 saturated heterocycles. The van der Waals surface area contributed by atoms with Crippen molar-refractivity contribution in [1.29, 1.82) is 0 Å². The fourth-order valence-corrected chi connectivity index (χ4v) is 12.1. The van der Waals surface area contributed by atoms with Gasteiger partial charge in [-0.3, -0.25) is 4.79 Å². The van der Waals surface area contributed by atoms with Gasteiger partial charge in [0.05, 0.1) is 5.92 Å². The Hall–Kier alpha value is 0.269. The van der Waals surface area contributed by atoms with E-state index in [0.717, 1.165) is 25.7 Å². The molecule has 1 atom stereocenters. The van der Waals surface area contributed by atoms with Gasteiger partial charge < -0.3 is 5.11 Å². The molecule has 3 heteroatoms. The molecule has 0 aliphatic heterocycles. The van der Waals surface area contributed by atoms with Crippen molar-refractivity contribution in [2.75, 3.05) is 0 Å². The van der Waals surface area contributed by atoms with Crippen molar-refractivity contribution in [2.45, 2.75) is 112 Å². The van der Waals surface area contributed by atoms with Gasteiger partial charge in [-0.05, 0) is 12.8 Å². The minimum atomic E-state index is -0.839. The fraction of sp³-hybridized carbons (Fsp3) is 0.950. The van der Waals surface area contributed by atoms with Gasteiger partial charge in [-0.2, -0.15) is 0 Å². The molecule has 1 N–H and O–H groups in total. The number of hydrogen-bond donors (Lipinski definition) is 1. The SMILES string of the molecule is CCCCC(CC)C(=O)O.CCC[CH2][Sn]([CH2]CCC)[CH2]CCC. The van der Waals surface area contributed by atoms with Crippen molar-refractivity contribution in [1.82, 2.24) is 0 Å². The number of aliphatic carboxylic acids is 1. The second kappa shape index (κ2) is 20.3. The van der Waals surface area contributed by atoms with E-state index < -0.39 is 25.7 Å². The molecule has 0 aromatic carbocycles. The Kier molecular flexibility index (Phi) is 22.5. The topological polar surface area (TPSA) is 37.3 Å². The Balaban J connectivity index is 0. The maximum absolute atomic E-state index is 10.4. The molecule has 0 bridgehead atoms. The number of hydrogen-bond acceptors (Lipinski definition) is 1. The van der Waals surface area contributed by atoms with Crippen LogP contribution >= 0.6 is 0 Å². The first kappa shape index (κ1) is 25.5. The molecular weight excluding hydrogens is 391 g/mol. The second-order valence-electron chi connectivity index (χ2n) is 6.65. The summed E-state index contributed by atoms with van der Waals surface area (Å²) in [7, 11) is 0. The zero-order valence-electron chi connectivity index (χ0n) is 16.6. The van der Waals surface area contributed by atoms with Crippen molar-refractivity contribution in [3.8, 4) is 0 Å². The predicted molar refractivity (Wildman–Crippen MR) is 106 cm³/mol. The van der Waals surface area contributed by atoms with Gasteiger partial charge in [0.15, 0.2) is 0 Å². The molecule has 0 spiro atoms. The van der Waals surface area contributed by atoms with E-state index in [1.54, 1.807) is 13.3 Å². The van der Waals surface area contributed by atoms with Crippen LogP contribution in [0.15, 0.2) is 0 Å². The van der Waals surface area contributed by atoms with Crippen molar-refractivity contribution in [3.05, 3.63) is 0 Å². The number of carboxylic acid groups (broad SMARTS) is 1. The summed E-state index contributed by atoms with van der Waals surface area (Å²) in [6.07, 6.45) is 12.6. The first-order valence-corrected chi connectivity index (χ1v) is 16.2. The van der Waals surface area contributed by atoms with Crippen molar-refractivity contribution >= 4 is 25.7 Å². The summed E-state index contributed by atoms with van der Waals surface area (Å²) in [5.74, 6) is -0.754. The summed E-state index contributed by atoms with van der Waals surface area (Å²) in [5, 5.41) is 8.60. The van der Waals surface area contributed by atoms with E-state index in [4.69, 9.17) is 5.11 Å². The van der Waals surface area contributed by atoms with Crippen LogP contribution in [0.3, 0.4) is 0 Å². The fourth-order valence-electron chi connectivity index (χ4n) is 2.61. The molecule has 0 rings (SSSR count). The van der Waals surface area contributed by atoms with Gasteiger partial charge in [0.1, 0.15) is 0 Å². The van der Waals surface area contributed by atoms with E-state index in [1.165, 1.54) is 38.5 Å². The van der Waals surface area contributed by atoms with Gasteiger partial charge >= 0.3 is 98.3 Å². The Labute approximate surface area is 153 Å². The average molecular weight is 434 g/mol. The third kappa shape index (κ3) is 18.4. The van der Waals surface area contributed by atoms with E-state index in [9.17, 15) is 4.79 Å². The second-order valence-corrected chi connectivity index (χ2v) is 15.2. The van der Waals surface area contributed by atoms with E-state index in [-0.39, 0.29) is 5.92 Å². The van der Waals surface area contributed by atoms with Crippen LogP contribution in [0.4, 0.5) is 0 Å². The zero-order chi connectivity index (χ0) is 17.9. The summed E-state index contributed by atoms with van der Waals surface area (Å²) < 4.78 is 5.04. The monoisotopic (exact) mass is 435 g/mol. The predicted octanol–water partition coefficient (Wildman–Crippen LogP) is 7.17. The summed E-state index contributed by atoms with van der Waals surface area (Å²) in [4.78, 5) is 10.4. The van der Waals surface area contributed by atoms with Crippen molar-refractivity contribution in [3.63, 3.8) is 0 Å². The summed E-state index contributed by atoms with van der Waals surface area (Å²) >= 11 is -0.839. The van der Waals surface area contributed by atoms with Crippen molar-refractivity contribution < 1.29 is 9.90 Å². The molecule has 0 aromatic rings. The molecular formula is C20H43O2Sn. The van der Waals surface area contributed by atoms with E-state index in [1.807, 2.05) is 6.92 Å². The quantitative estimate of drug-likeness (QED) is 0.294. The number of unbranched alkanes of at least 4 members (excludes halogenated alkanes) is 4. The third-order valence-electron chi connectivity index (χ3n) is 4.40. The Morgan fingerprint density at radius 2 is 1.17 bits per heavy atom. The average Bonchev–Trinajstić information content (AvgIpc) is 2.55. The van der Waals surface area contributed by atoms with Gasteiger partial charge in [0.2, 0.25) is 0 Å². The molecule has 2 nitrogen and oxygen atoms in total. The van der Waals surface area contributed by atoms with E-state index in [0.29, 0.717) is 0 Å². The van der Waals surface area contributed by atoms with E-state index >= 15 is 0 Å². The van der Waals surface area contributed by atoms with Crippen LogP contribution in [-0.4, -0.2) is 30.8 Å². The van der Waals surface area contributed by atoms with Gasteiger partial charge in [-0.15, -0.1) is 0 Å². The molecule has 0 heterocycles. The Bertz CT molecular complexity index is 225. The van der Waals surface area contributed by atoms with Crippen LogP contribution in [0, 0.1) is 5.92 Å². The number of rotatable bonds is 14. The zero-order valence-corrected chi connectivity index (χ0v) is 19.5. The summed E-state index contributed by atoms with van der Waals surface area (Å²) in [5.41, 5.74) is 0. The summed E-state index contributed by atoms with van der Waals surface area (Å²) in [6, 6.07) is 0. The molecule has 1 radical (unpaired) electrons. The van der Waals surface area contributed by atoms with Crippen LogP contribution in [0.1, 0.15) is 98.8 Å². The van der Waals surface area contributed by atoms with Gasteiger partial charge in [-0.1, -0.05) is 26.7 Å². The number of carboxylic acids is 1. The Morgan fingerprint density at radius 1 is 0.783 bits per heavy atom. The van der Waals surface area contributed by atoms with Gasteiger partial charge in [0.25, 0.3) is 0 Å². The summed E-state index contributed by atoms with van der Waals surface area (Å²) in [6.45, 7) is 11.0. The first-order valence-electron chi connectivity index (χ1n) is 10.1. The van der Waals surface area contributed by atoms with E-state index in [2.05, 4.69) is 27.7 Å². The minimum absolute atomic E-state index is 0.111. The molecule has 0 aliphatic carbocycles. The van der Waals surface area contributed by atoms with Crippen LogP contribution < -0.4 is 0 Å². The van der Waals surface area contributed by atoms with Crippen LogP contribution in [0.25, 0.3) is 0 Å². The molecule has 1 unspecified atom stereocenters. The molecule has 0 amide bonds. The number of carbonyl (C=O) groups is 1. The standard InChI is InChI=1S/C8H16O2.3C4H9.Sn/c1-3-5-6-7(4-2)8(9)10;3*1-3-4-2;/h7H,3-6H2,1-2H3,(H,9,10);3*1,3-4H2,2H3;. The van der Waals surface area contributed by atoms with Crippen molar-refractivity contribution in [2.24, 2.45) is 5.92 Å². The molecule has 139 valence electrons. The molecule has 23 heavy (non-hydrogen) atoms. The molecule has 0 saturated carbocycles. The third-order valence-corrected chi connectivity index (χ3v) is 13.5. The molecule has 0 aliphatic rings. The van der Waals surface area contributed by atoms with Crippen LogP contribution in [-0.2, 0) is 4.79 Å². The molecule has 0 aromatic heterocycles. The molecule has 0 fully saturated rings. The first-order chi connectivity index (χ1) is 11.1. The maximum atomic E-state index is 10.4. The van der Waals surface area contributed by atoms with Gasteiger partial charge in [0, 0.05) is 0 Å². The Morgan fingerprint density at radius 3 is 1.43 bits per heavy atom.